The highest BCUT2D eigenvalue weighted by atomic mass is 31.1. The first-order chi connectivity index (χ1) is 17.2. The first kappa shape index (κ1) is 25.5. The molecule has 6 nitrogen and oxygen atoms in total. The summed E-state index contributed by atoms with van der Waals surface area (Å²) in [6.07, 6.45) is 1.90. The van der Waals surface area contributed by atoms with E-state index in [4.69, 9.17) is 14.6 Å². The van der Waals surface area contributed by atoms with E-state index in [0.717, 1.165) is 46.5 Å². The Bertz CT molecular complexity index is 1380. The molecule has 2 N–H and O–H groups in total. The van der Waals surface area contributed by atoms with E-state index in [-0.39, 0.29) is 17.9 Å². The van der Waals surface area contributed by atoms with Crippen molar-refractivity contribution in [2.75, 3.05) is 6.16 Å². The van der Waals surface area contributed by atoms with Crippen LogP contribution in [0.3, 0.4) is 0 Å². The molecule has 0 saturated carbocycles. The van der Waals surface area contributed by atoms with Crippen molar-refractivity contribution in [1.82, 2.24) is 4.98 Å². The van der Waals surface area contributed by atoms with E-state index in [0.29, 0.717) is 5.56 Å². The van der Waals surface area contributed by atoms with Crippen LogP contribution < -0.4 is 0 Å². The highest BCUT2D eigenvalue weighted by Gasteiger charge is 2.28. The second kappa shape index (κ2) is 11.0. The van der Waals surface area contributed by atoms with Crippen molar-refractivity contribution in [3.63, 3.8) is 0 Å². The number of benzene rings is 2. The Morgan fingerprint density at radius 3 is 2.58 bits per heavy atom. The number of hydrogen-bond acceptors (Lipinski definition) is 5. The first-order valence-corrected chi connectivity index (χ1v) is 13.0. The van der Waals surface area contributed by atoms with Crippen LogP contribution in [0.25, 0.3) is 22.4 Å². The van der Waals surface area contributed by atoms with Crippen LogP contribution >= 0.6 is 8.03 Å². The Hall–Kier alpha value is -3.59. The number of aromatic nitrogens is 1. The van der Waals surface area contributed by atoms with Gasteiger partial charge in [-0.25, -0.2) is 4.39 Å². The average molecular weight is 506 g/mol. The number of aryl methyl sites for hydroxylation is 1. The molecular formula is C28H26FNO5P+. The van der Waals surface area contributed by atoms with E-state index < -0.39 is 26.5 Å². The van der Waals surface area contributed by atoms with Gasteiger partial charge < -0.3 is 10.2 Å². The van der Waals surface area contributed by atoms with Gasteiger partial charge in [0.15, 0.2) is 6.11 Å². The standard InChI is InChI=1S/C28H25FNO5P/c1-17(2)27-24(13-14-35-36(34)16-21(31)15-25(32)33)26(19-7-10-20(29)11-8-19)23-12-9-18-5-3-4-6-22(18)28(23)30-27/h3-8,10-11,17,21,31H,9,12,15-16H2,1-2H3/p+1/t21-/m0/s1. The van der Waals surface area contributed by atoms with Gasteiger partial charge in [0, 0.05) is 11.1 Å². The molecule has 0 aliphatic heterocycles. The van der Waals surface area contributed by atoms with E-state index in [1.807, 2.05) is 26.0 Å². The van der Waals surface area contributed by atoms with Crippen LogP contribution in [-0.4, -0.2) is 33.4 Å². The molecule has 1 aromatic heterocycles. The molecule has 8 heteroatoms. The molecule has 1 unspecified atom stereocenters. The molecule has 4 rings (SSSR count). The molecule has 0 bridgehead atoms. The summed E-state index contributed by atoms with van der Waals surface area (Å²) < 4.78 is 31.1. The third-order valence-corrected chi connectivity index (χ3v) is 7.03. The molecule has 1 aliphatic carbocycles. The van der Waals surface area contributed by atoms with Gasteiger partial charge in [-0.15, -0.1) is 0 Å². The average Bonchev–Trinajstić information content (AvgIpc) is 2.83. The second-order valence-electron chi connectivity index (χ2n) is 8.98. The number of nitrogens with zero attached hydrogens (tertiary/aromatic N) is 1. The lowest BCUT2D eigenvalue weighted by Gasteiger charge is -2.25. The highest BCUT2D eigenvalue weighted by molar-refractivity contribution is 7.39. The smallest absolute Gasteiger partial charge is 0.481 e. The third-order valence-electron chi connectivity index (χ3n) is 6.02. The number of carboxylic acids is 1. The number of fused-ring (bicyclic) bond motifs is 3. The van der Waals surface area contributed by atoms with Gasteiger partial charge in [-0.1, -0.05) is 50.2 Å². The van der Waals surface area contributed by atoms with Crippen molar-refractivity contribution in [3.8, 4) is 34.4 Å². The minimum absolute atomic E-state index is 0.000890. The number of halogens is 1. The third kappa shape index (κ3) is 5.62. The molecule has 0 fully saturated rings. The first-order valence-electron chi connectivity index (χ1n) is 11.7. The van der Waals surface area contributed by atoms with E-state index >= 15 is 0 Å². The Balaban J connectivity index is 1.82. The molecule has 1 heterocycles. The zero-order valence-corrected chi connectivity index (χ0v) is 20.9. The monoisotopic (exact) mass is 506 g/mol. The molecule has 2 atom stereocenters. The number of rotatable bonds is 7. The number of aliphatic hydroxyl groups is 1. The topological polar surface area (TPSA) is 96.7 Å². The number of hydrogen-bond donors (Lipinski definition) is 2. The van der Waals surface area contributed by atoms with E-state index in [1.165, 1.54) is 17.7 Å². The summed E-state index contributed by atoms with van der Waals surface area (Å²) in [5.41, 5.74) is 7.17. The van der Waals surface area contributed by atoms with Crippen molar-refractivity contribution in [2.45, 2.75) is 45.1 Å². The van der Waals surface area contributed by atoms with Gasteiger partial charge in [-0.05, 0) is 58.1 Å². The lowest BCUT2D eigenvalue weighted by Crippen LogP contribution is -2.15. The minimum atomic E-state index is -2.39. The summed E-state index contributed by atoms with van der Waals surface area (Å²) in [7, 11) is -2.39. The van der Waals surface area contributed by atoms with Crippen LogP contribution in [0, 0.1) is 17.8 Å². The zero-order chi connectivity index (χ0) is 25.8. The van der Waals surface area contributed by atoms with Crippen molar-refractivity contribution < 1.29 is 28.5 Å². The number of carbonyl (C=O) groups is 1. The molecule has 0 saturated heterocycles. The lowest BCUT2D eigenvalue weighted by atomic mass is 9.81. The van der Waals surface area contributed by atoms with Crippen molar-refractivity contribution in [1.29, 1.82) is 0 Å². The molecule has 2 aromatic carbocycles. The van der Waals surface area contributed by atoms with Gasteiger partial charge in [0.25, 0.3) is 0 Å². The van der Waals surface area contributed by atoms with Crippen LogP contribution in [0.2, 0.25) is 0 Å². The Morgan fingerprint density at radius 1 is 1.17 bits per heavy atom. The minimum Gasteiger partial charge on any atom is -0.481 e. The van der Waals surface area contributed by atoms with Gasteiger partial charge in [0.2, 0.25) is 6.16 Å². The Kier molecular flexibility index (Phi) is 7.79. The Morgan fingerprint density at radius 2 is 1.89 bits per heavy atom. The summed E-state index contributed by atoms with van der Waals surface area (Å²) in [6, 6.07) is 14.4. The second-order valence-corrected chi connectivity index (χ2v) is 10.2. The number of carboxylic acid groups (broad SMARTS) is 1. The van der Waals surface area contributed by atoms with Crippen molar-refractivity contribution in [3.05, 3.63) is 76.7 Å². The van der Waals surface area contributed by atoms with Crippen molar-refractivity contribution in [2.24, 2.45) is 0 Å². The van der Waals surface area contributed by atoms with Crippen LogP contribution in [0.1, 0.15) is 48.6 Å². The maximum atomic E-state index is 13.8. The van der Waals surface area contributed by atoms with Gasteiger partial charge >= 0.3 is 14.0 Å². The maximum Gasteiger partial charge on any atom is 0.567 e. The van der Waals surface area contributed by atoms with Gasteiger partial charge in [0.1, 0.15) is 11.9 Å². The fourth-order valence-electron chi connectivity index (χ4n) is 4.42. The summed E-state index contributed by atoms with van der Waals surface area (Å²) in [5, 5.41) is 18.5. The maximum absolute atomic E-state index is 13.8. The molecule has 0 spiro atoms. The largest absolute Gasteiger partial charge is 0.567 e. The molecule has 36 heavy (non-hydrogen) atoms. The molecule has 0 amide bonds. The van der Waals surface area contributed by atoms with E-state index in [9.17, 15) is 18.9 Å². The summed E-state index contributed by atoms with van der Waals surface area (Å²) >= 11 is 0. The lowest BCUT2D eigenvalue weighted by molar-refractivity contribution is -0.138. The predicted octanol–water partition coefficient (Wildman–Crippen LogP) is 5.68. The van der Waals surface area contributed by atoms with Crippen LogP contribution in [-0.2, 0) is 26.7 Å². The number of pyridine rings is 1. The normalized spacial score (nSPS) is 13.2. The fourth-order valence-corrected chi connectivity index (χ4v) is 5.11. The zero-order valence-electron chi connectivity index (χ0n) is 20.0. The van der Waals surface area contributed by atoms with Gasteiger partial charge in [0.05, 0.1) is 23.4 Å². The quantitative estimate of drug-likeness (QED) is 0.316. The number of aliphatic hydroxyl groups excluding tert-OH is 1. The molecule has 184 valence electrons. The van der Waals surface area contributed by atoms with Crippen LogP contribution in [0.4, 0.5) is 4.39 Å². The van der Waals surface area contributed by atoms with Crippen molar-refractivity contribution >= 4 is 14.0 Å². The van der Waals surface area contributed by atoms with E-state index in [1.54, 1.807) is 12.1 Å². The van der Waals surface area contributed by atoms with Crippen LogP contribution in [0.15, 0.2) is 48.5 Å². The fraction of sp³-hybridized carbons (Fsp3) is 0.286. The predicted molar refractivity (Wildman–Crippen MR) is 135 cm³/mol. The van der Waals surface area contributed by atoms with Gasteiger partial charge in [-0.3, -0.25) is 9.78 Å². The SMILES string of the molecule is CC(C)c1nc2c(c(-c3ccc(F)cc3)c1C#CO[P+](=O)C[C@@H](O)CC(=O)O)CCc1ccccc1-2. The number of aliphatic carboxylic acids is 1. The molecule has 3 aromatic rings. The molecule has 1 aliphatic rings. The Labute approximate surface area is 210 Å². The molecule has 0 radical (unpaired) electrons. The summed E-state index contributed by atoms with van der Waals surface area (Å²) in [5.74, 6) is 1.45. The summed E-state index contributed by atoms with van der Waals surface area (Å²) in [4.78, 5) is 15.8. The van der Waals surface area contributed by atoms with E-state index in [2.05, 4.69) is 24.2 Å². The molecular weight excluding hydrogens is 480 g/mol. The highest BCUT2D eigenvalue weighted by Crippen LogP contribution is 2.41. The van der Waals surface area contributed by atoms with Gasteiger partial charge in [-0.2, -0.15) is 4.52 Å². The van der Waals surface area contributed by atoms with Crippen LogP contribution in [0.5, 0.6) is 0 Å². The summed E-state index contributed by atoms with van der Waals surface area (Å²) in [6.45, 7) is 4.01.